The van der Waals surface area contributed by atoms with Gasteiger partial charge in [-0.2, -0.15) is 0 Å². The van der Waals surface area contributed by atoms with Gasteiger partial charge in [0, 0.05) is 5.57 Å². The van der Waals surface area contributed by atoms with Crippen molar-refractivity contribution in [3.05, 3.63) is 24.8 Å². The Balaban J connectivity index is 1.63. The minimum atomic E-state index is -0.363. The molecule has 1 aliphatic carbocycles. The second-order valence-electron chi connectivity index (χ2n) is 4.91. The molecule has 18 heavy (non-hydrogen) atoms. The molecule has 0 radical (unpaired) electrons. The summed E-state index contributed by atoms with van der Waals surface area (Å²) in [6, 6.07) is 0. The van der Waals surface area contributed by atoms with Crippen LogP contribution in [0.5, 0.6) is 0 Å². The summed E-state index contributed by atoms with van der Waals surface area (Å²) in [6.07, 6.45) is 6.51. The van der Waals surface area contributed by atoms with Gasteiger partial charge in [0.25, 0.3) is 0 Å². The van der Waals surface area contributed by atoms with Crippen LogP contribution in [0.2, 0.25) is 0 Å². The maximum absolute atomic E-state index is 11.6. The van der Waals surface area contributed by atoms with Crippen LogP contribution in [-0.4, -0.2) is 31.6 Å². The second-order valence-corrected chi connectivity index (χ2v) is 4.91. The van der Waals surface area contributed by atoms with Crippen molar-refractivity contribution in [1.29, 1.82) is 0 Å². The summed E-state index contributed by atoms with van der Waals surface area (Å²) in [5, 5.41) is 0. The van der Waals surface area contributed by atoms with Crippen molar-refractivity contribution < 1.29 is 19.0 Å². The first-order valence-electron chi connectivity index (χ1n) is 6.39. The first-order valence-corrected chi connectivity index (χ1v) is 6.39. The van der Waals surface area contributed by atoms with Crippen molar-refractivity contribution >= 4 is 5.97 Å². The van der Waals surface area contributed by atoms with Crippen LogP contribution in [-0.2, 0) is 19.0 Å². The van der Waals surface area contributed by atoms with Crippen LogP contribution >= 0.6 is 0 Å². The maximum atomic E-state index is 11.6. The lowest BCUT2D eigenvalue weighted by atomic mass is 9.85. The molecule has 0 amide bonds. The third kappa shape index (κ3) is 3.68. The Kier molecular flexibility index (Phi) is 4.55. The van der Waals surface area contributed by atoms with Crippen LogP contribution < -0.4 is 0 Å². The highest BCUT2D eigenvalue weighted by Gasteiger charge is 2.43. The van der Waals surface area contributed by atoms with Gasteiger partial charge in [-0.15, -0.1) is 6.58 Å². The Morgan fingerprint density at radius 1 is 1.39 bits per heavy atom. The molecule has 1 saturated heterocycles. The second kappa shape index (κ2) is 6.16. The van der Waals surface area contributed by atoms with E-state index < -0.39 is 0 Å². The number of hydrogen-bond acceptors (Lipinski definition) is 4. The Hall–Kier alpha value is -1.13. The lowest BCUT2D eigenvalue weighted by Crippen LogP contribution is -2.17. The number of epoxide rings is 1. The summed E-state index contributed by atoms with van der Waals surface area (Å²) in [5.41, 5.74) is 0.529. The first kappa shape index (κ1) is 13.3. The van der Waals surface area contributed by atoms with E-state index in [1.165, 1.54) is 0 Å². The fourth-order valence-corrected chi connectivity index (χ4v) is 2.43. The molecule has 0 aromatic heterocycles. The summed E-state index contributed by atoms with van der Waals surface area (Å²) in [5.74, 6) is 0.140. The molecule has 3 atom stereocenters. The van der Waals surface area contributed by atoms with Crippen molar-refractivity contribution in [3.63, 3.8) is 0 Å². The molecule has 4 nitrogen and oxygen atoms in total. The molecule has 0 bridgehead atoms. The number of hydrogen-bond donors (Lipinski definition) is 0. The zero-order valence-electron chi connectivity index (χ0n) is 10.6. The van der Waals surface area contributed by atoms with Crippen LogP contribution in [0.4, 0.5) is 0 Å². The smallest absolute Gasteiger partial charge is 0.335 e. The van der Waals surface area contributed by atoms with Gasteiger partial charge in [0.05, 0.1) is 18.8 Å². The van der Waals surface area contributed by atoms with Crippen molar-refractivity contribution in [3.8, 4) is 0 Å². The molecule has 0 N–H and O–H groups in total. The molecule has 0 aromatic carbocycles. The van der Waals surface area contributed by atoms with E-state index in [1.807, 2.05) is 0 Å². The summed E-state index contributed by atoms with van der Waals surface area (Å²) in [7, 11) is 0. The monoisotopic (exact) mass is 252 g/mol. The van der Waals surface area contributed by atoms with E-state index in [1.54, 1.807) is 6.08 Å². The van der Waals surface area contributed by atoms with Gasteiger partial charge in [0.1, 0.15) is 0 Å². The van der Waals surface area contributed by atoms with Gasteiger partial charge in [0.15, 0.2) is 6.79 Å². The number of esters is 1. The van der Waals surface area contributed by atoms with Crippen LogP contribution in [0.25, 0.3) is 0 Å². The number of fused-ring (bicyclic) bond motifs is 1. The molecule has 4 heteroatoms. The maximum Gasteiger partial charge on any atom is 0.335 e. The van der Waals surface area contributed by atoms with E-state index >= 15 is 0 Å². The molecule has 1 aliphatic heterocycles. The largest absolute Gasteiger partial charge is 0.435 e. The zero-order chi connectivity index (χ0) is 13.0. The van der Waals surface area contributed by atoms with E-state index in [0.29, 0.717) is 36.7 Å². The molecule has 0 aromatic rings. The van der Waals surface area contributed by atoms with Crippen LogP contribution in [0.3, 0.4) is 0 Å². The molecule has 1 saturated carbocycles. The van der Waals surface area contributed by atoms with Gasteiger partial charge in [0.2, 0.25) is 0 Å². The predicted molar refractivity (Wildman–Crippen MR) is 66.9 cm³/mol. The van der Waals surface area contributed by atoms with Gasteiger partial charge >= 0.3 is 5.97 Å². The van der Waals surface area contributed by atoms with Crippen molar-refractivity contribution in [2.75, 3.05) is 13.4 Å². The van der Waals surface area contributed by atoms with Crippen LogP contribution in [0.1, 0.15) is 25.7 Å². The lowest BCUT2D eigenvalue weighted by molar-refractivity contribution is -0.150. The SMILES string of the molecule is C=CCOCOC(=O)C(=C)CC1CCC2OC2C1. The average molecular weight is 252 g/mol. The third-order valence-corrected chi connectivity index (χ3v) is 3.45. The highest BCUT2D eigenvalue weighted by atomic mass is 16.7. The summed E-state index contributed by atoms with van der Waals surface area (Å²) in [6.45, 7) is 7.64. The summed E-state index contributed by atoms with van der Waals surface area (Å²) >= 11 is 0. The standard InChI is InChI=1S/C14H20O4/c1-3-6-16-9-17-14(15)10(2)7-11-4-5-12-13(8-11)18-12/h3,11-13H,1-2,4-9H2. The van der Waals surface area contributed by atoms with Gasteiger partial charge in [-0.1, -0.05) is 12.7 Å². The quantitative estimate of drug-likeness (QED) is 0.174. The molecule has 100 valence electrons. The fraction of sp³-hybridized carbons (Fsp3) is 0.643. The lowest BCUT2D eigenvalue weighted by Gasteiger charge is -2.19. The number of rotatable bonds is 7. The van der Waals surface area contributed by atoms with E-state index in [0.717, 1.165) is 19.3 Å². The van der Waals surface area contributed by atoms with Gasteiger partial charge < -0.3 is 14.2 Å². The number of ether oxygens (including phenoxy) is 3. The number of carbonyl (C=O) groups is 1. The highest BCUT2D eigenvalue weighted by molar-refractivity contribution is 5.87. The summed E-state index contributed by atoms with van der Waals surface area (Å²) in [4.78, 5) is 11.6. The van der Waals surface area contributed by atoms with E-state index in [9.17, 15) is 4.79 Å². The Labute approximate surface area is 108 Å². The average Bonchev–Trinajstić information content (AvgIpc) is 3.12. The predicted octanol–water partition coefficient (Wildman–Crippen LogP) is 2.20. The molecule has 2 fully saturated rings. The third-order valence-electron chi connectivity index (χ3n) is 3.45. The summed E-state index contributed by atoms with van der Waals surface area (Å²) < 4.78 is 15.4. The minimum Gasteiger partial charge on any atom is -0.435 e. The number of carbonyl (C=O) groups excluding carboxylic acids is 1. The molecule has 2 aliphatic rings. The van der Waals surface area contributed by atoms with E-state index in [2.05, 4.69) is 13.2 Å². The highest BCUT2D eigenvalue weighted by Crippen LogP contribution is 2.41. The van der Waals surface area contributed by atoms with Gasteiger partial charge in [-0.25, -0.2) is 4.79 Å². The zero-order valence-corrected chi connectivity index (χ0v) is 10.6. The molecular formula is C14H20O4. The van der Waals surface area contributed by atoms with Gasteiger partial charge in [-0.05, 0) is 31.6 Å². The van der Waals surface area contributed by atoms with Crippen molar-refractivity contribution in [2.45, 2.75) is 37.9 Å². The van der Waals surface area contributed by atoms with E-state index in [4.69, 9.17) is 14.2 Å². The fourth-order valence-electron chi connectivity index (χ4n) is 2.43. The van der Waals surface area contributed by atoms with Crippen molar-refractivity contribution in [1.82, 2.24) is 0 Å². The topological polar surface area (TPSA) is 48.1 Å². The first-order chi connectivity index (χ1) is 8.70. The Morgan fingerprint density at radius 2 is 2.22 bits per heavy atom. The molecule has 3 unspecified atom stereocenters. The normalized spacial score (nSPS) is 29.2. The Morgan fingerprint density at radius 3 is 2.94 bits per heavy atom. The van der Waals surface area contributed by atoms with Gasteiger partial charge in [-0.3, -0.25) is 0 Å². The molecular weight excluding hydrogens is 232 g/mol. The van der Waals surface area contributed by atoms with Crippen molar-refractivity contribution in [2.24, 2.45) is 5.92 Å². The molecule has 1 heterocycles. The molecule has 0 spiro atoms. The minimum absolute atomic E-state index is 0.0393. The van der Waals surface area contributed by atoms with E-state index in [-0.39, 0.29) is 12.8 Å². The van der Waals surface area contributed by atoms with Crippen LogP contribution in [0.15, 0.2) is 24.8 Å². The van der Waals surface area contributed by atoms with Crippen LogP contribution in [0, 0.1) is 5.92 Å². The molecule has 2 rings (SSSR count). The Bertz CT molecular complexity index is 337.